The standard InChI is InChI=1S/C17H12FNO2/c1-11(20)14-10-13(18)7-8-15(14)21-16-6-2-4-12-5-3-9-19-17(12)16/h2-10H,1H3. The minimum Gasteiger partial charge on any atom is -0.454 e. The third kappa shape index (κ3) is 2.60. The molecule has 4 heteroatoms. The van der Waals surface area contributed by atoms with E-state index < -0.39 is 5.82 Å². The van der Waals surface area contributed by atoms with E-state index in [9.17, 15) is 9.18 Å². The van der Waals surface area contributed by atoms with Crippen LogP contribution in [0.4, 0.5) is 4.39 Å². The minimum absolute atomic E-state index is 0.211. The van der Waals surface area contributed by atoms with Crippen molar-refractivity contribution in [1.82, 2.24) is 4.98 Å². The lowest BCUT2D eigenvalue weighted by molar-refractivity contribution is 0.101. The molecule has 0 amide bonds. The zero-order chi connectivity index (χ0) is 14.8. The number of hydrogen-bond donors (Lipinski definition) is 0. The molecule has 0 saturated carbocycles. The van der Waals surface area contributed by atoms with Gasteiger partial charge >= 0.3 is 0 Å². The Hall–Kier alpha value is -2.75. The van der Waals surface area contributed by atoms with Crippen LogP contribution < -0.4 is 4.74 Å². The lowest BCUT2D eigenvalue weighted by Crippen LogP contribution is -1.98. The van der Waals surface area contributed by atoms with E-state index in [0.717, 1.165) is 5.39 Å². The Kier molecular flexibility index (Phi) is 3.36. The van der Waals surface area contributed by atoms with Crippen LogP contribution in [0.2, 0.25) is 0 Å². The van der Waals surface area contributed by atoms with Gasteiger partial charge in [0.1, 0.15) is 17.1 Å². The number of ether oxygens (including phenoxy) is 1. The second-order valence-electron chi connectivity index (χ2n) is 4.63. The average Bonchev–Trinajstić information content (AvgIpc) is 2.49. The molecule has 2 aromatic carbocycles. The van der Waals surface area contributed by atoms with Crippen molar-refractivity contribution in [3.05, 3.63) is 66.1 Å². The number of fused-ring (bicyclic) bond motifs is 1. The minimum atomic E-state index is -0.469. The molecule has 0 aliphatic carbocycles. The van der Waals surface area contributed by atoms with Gasteiger partial charge in [0.15, 0.2) is 11.5 Å². The number of halogens is 1. The Morgan fingerprint density at radius 3 is 2.71 bits per heavy atom. The third-order valence-corrected chi connectivity index (χ3v) is 3.14. The zero-order valence-corrected chi connectivity index (χ0v) is 11.3. The molecular formula is C17H12FNO2. The van der Waals surface area contributed by atoms with Crippen molar-refractivity contribution < 1.29 is 13.9 Å². The molecule has 0 unspecified atom stereocenters. The Bertz CT molecular complexity index is 825. The second-order valence-corrected chi connectivity index (χ2v) is 4.63. The van der Waals surface area contributed by atoms with Crippen LogP contribution in [0, 0.1) is 5.82 Å². The van der Waals surface area contributed by atoms with E-state index in [1.165, 1.54) is 25.1 Å². The first-order valence-corrected chi connectivity index (χ1v) is 6.47. The van der Waals surface area contributed by atoms with E-state index in [2.05, 4.69) is 4.98 Å². The molecule has 0 aliphatic rings. The smallest absolute Gasteiger partial charge is 0.163 e. The molecule has 1 heterocycles. The van der Waals surface area contributed by atoms with Crippen molar-refractivity contribution >= 4 is 16.7 Å². The monoisotopic (exact) mass is 281 g/mol. The number of carbonyl (C=O) groups is 1. The summed E-state index contributed by atoms with van der Waals surface area (Å²) in [6, 6.07) is 13.2. The van der Waals surface area contributed by atoms with Crippen molar-refractivity contribution in [2.45, 2.75) is 6.92 Å². The summed E-state index contributed by atoms with van der Waals surface area (Å²) in [5.41, 5.74) is 0.904. The van der Waals surface area contributed by atoms with Gasteiger partial charge in [-0.3, -0.25) is 9.78 Å². The Balaban J connectivity index is 2.09. The molecule has 104 valence electrons. The number of rotatable bonds is 3. The van der Waals surface area contributed by atoms with Gasteiger partial charge in [0.25, 0.3) is 0 Å². The lowest BCUT2D eigenvalue weighted by atomic mass is 10.1. The molecule has 0 spiro atoms. The highest BCUT2D eigenvalue weighted by Crippen LogP contribution is 2.30. The van der Waals surface area contributed by atoms with E-state index in [4.69, 9.17) is 4.74 Å². The average molecular weight is 281 g/mol. The van der Waals surface area contributed by atoms with Crippen LogP contribution in [0.25, 0.3) is 10.9 Å². The fraction of sp³-hybridized carbons (Fsp3) is 0.0588. The summed E-state index contributed by atoms with van der Waals surface area (Å²) in [6.45, 7) is 1.38. The predicted octanol–water partition coefficient (Wildman–Crippen LogP) is 4.37. The van der Waals surface area contributed by atoms with Crippen molar-refractivity contribution in [3.8, 4) is 11.5 Å². The molecule has 21 heavy (non-hydrogen) atoms. The number of para-hydroxylation sites is 1. The molecule has 3 nitrogen and oxygen atoms in total. The molecule has 0 radical (unpaired) electrons. The fourth-order valence-electron chi connectivity index (χ4n) is 2.14. The van der Waals surface area contributed by atoms with Crippen LogP contribution in [0.15, 0.2) is 54.7 Å². The maximum atomic E-state index is 13.3. The second kappa shape index (κ2) is 5.32. The molecule has 0 aliphatic heterocycles. The SMILES string of the molecule is CC(=O)c1cc(F)ccc1Oc1cccc2cccnc12. The van der Waals surface area contributed by atoms with Gasteiger partial charge in [-0.1, -0.05) is 18.2 Å². The number of carbonyl (C=O) groups excluding carboxylic acids is 1. The fourth-order valence-corrected chi connectivity index (χ4v) is 2.14. The van der Waals surface area contributed by atoms with Gasteiger partial charge in [0.05, 0.1) is 5.56 Å². The van der Waals surface area contributed by atoms with Crippen LogP contribution in [0.1, 0.15) is 17.3 Å². The molecule has 3 rings (SSSR count). The summed E-state index contributed by atoms with van der Waals surface area (Å²) < 4.78 is 19.1. The zero-order valence-electron chi connectivity index (χ0n) is 11.3. The molecule has 0 fully saturated rings. The first-order valence-electron chi connectivity index (χ1n) is 6.47. The summed E-state index contributed by atoms with van der Waals surface area (Å²) in [7, 11) is 0. The summed E-state index contributed by atoms with van der Waals surface area (Å²) in [5.74, 6) is 0.130. The van der Waals surface area contributed by atoms with Gasteiger partial charge in [-0.2, -0.15) is 0 Å². The summed E-state index contributed by atoms with van der Waals surface area (Å²) in [5, 5.41) is 0.932. The maximum Gasteiger partial charge on any atom is 0.163 e. The number of benzene rings is 2. The highest BCUT2D eigenvalue weighted by Gasteiger charge is 2.12. The van der Waals surface area contributed by atoms with E-state index in [1.807, 2.05) is 24.3 Å². The summed E-state index contributed by atoms with van der Waals surface area (Å²) in [4.78, 5) is 15.9. The molecule has 0 atom stereocenters. The molecule has 1 aromatic heterocycles. The third-order valence-electron chi connectivity index (χ3n) is 3.14. The number of pyridine rings is 1. The number of Topliss-reactive ketones (excluding diaryl/α,β-unsaturated/α-hetero) is 1. The highest BCUT2D eigenvalue weighted by atomic mass is 19.1. The van der Waals surface area contributed by atoms with Crippen molar-refractivity contribution in [2.75, 3.05) is 0 Å². The predicted molar refractivity (Wildman–Crippen MR) is 78.2 cm³/mol. The van der Waals surface area contributed by atoms with Gasteiger partial charge in [-0.25, -0.2) is 4.39 Å². The molecule has 3 aromatic rings. The van der Waals surface area contributed by atoms with Gasteiger partial charge in [0, 0.05) is 11.6 Å². The van der Waals surface area contributed by atoms with E-state index in [1.54, 1.807) is 12.3 Å². The van der Waals surface area contributed by atoms with Gasteiger partial charge in [-0.05, 0) is 37.3 Å². The van der Waals surface area contributed by atoms with Crippen LogP contribution in [0.5, 0.6) is 11.5 Å². The number of aromatic nitrogens is 1. The first kappa shape index (κ1) is 13.2. The Morgan fingerprint density at radius 2 is 1.90 bits per heavy atom. The molecule has 0 saturated heterocycles. The van der Waals surface area contributed by atoms with Crippen molar-refractivity contribution in [2.24, 2.45) is 0 Å². The molecule has 0 bridgehead atoms. The van der Waals surface area contributed by atoms with Gasteiger partial charge in [-0.15, -0.1) is 0 Å². The summed E-state index contributed by atoms with van der Waals surface area (Å²) >= 11 is 0. The van der Waals surface area contributed by atoms with E-state index >= 15 is 0 Å². The molecule has 0 N–H and O–H groups in total. The van der Waals surface area contributed by atoms with Crippen LogP contribution in [0.3, 0.4) is 0 Å². The van der Waals surface area contributed by atoms with E-state index in [0.29, 0.717) is 17.0 Å². The molecular weight excluding hydrogens is 269 g/mol. The van der Waals surface area contributed by atoms with Crippen LogP contribution >= 0.6 is 0 Å². The summed E-state index contributed by atoms with van der Waals surface area (Å²) in [6.07, 6.45) is 1.67. The highest BCUT2D eigenvalue weighted by molar-refractivity contribution is 5.97. The quantitative estimate of drug-likeness (QED) is 0.669. The topological polar surface area (TPSA) is 39.2 Å². The number of ketones is 1. The van der Waals surface area contributed by atoms with Gasteiger partial charge < -0.3 is 4.74 Å². The van der Waals surface area contributed by atoms with E-state index in [-0.39, 0.29) is 11.3 Å². The Labute approximate surface area is 121 Å². The number of nitrogens with zero attached hydrogens (tertiary/aromatic N) is 1. The normalized spacial score (nSPS) is 10.6. The lowest BCUT2D eigenvalue weighted by Gasteiger charge is -2.11. The first-order chi connectivity index (χ1) is 10.1. The number of hydrogen-bond acceptors (Lipinski definition) is 3. The maximum absolute atomic E-state index is 13.3. The van der Waals surface area contributed by atoms with Crippen LogP contribution in [-0.4, -0.2) is 10.8 Å². The van der Waals surface area contributed by atoms with Crippen molar-refractivity contribution in [3.63, 3.8) is 0 Å². The largest absolute Gasteiger partial charge is 0.454 e. The van der Waals surface area contributed by atoms with Crippen LogP contribution in [-0.2, 0) is 0 Å². The van der Waals surface area contributed by atoms with Gasteiger partial charge in [0.2, 0.25) is 0 Å². The Morgan fingerprint density at radius 1 is 1.10 bits per heavy atom. The van der Waals surface area contributed by atoms with Crippen molar-refractivity contribution in [1.29, 1.82) is 0 Å².